The molecular weight excluding hydrogens is 776 g/mol. The Labute approximate surface area is 327 Å². The van der Waals surface area contributed by atoms with Gasteiger partial charge < -0.3 is 9.80 Å². The van der Waals surface area contributed by atoms with Crippen molar-refractivity contribution in [2.75, 3.05) is 9.80 Å². The SMILES string of the molecule is Brc1ccc2c(c1)C1(c3cc(N(c4ccccc4)c4ccccc4)ccc3C3=CC=C(N(c4ccccc4)c4ccccc4)CC31)c1cc(Br)ccc1-2. The Morgan fingerprint density at radius 2 is 0.849 bits per heavy atom. The molecule has 1 atom stereocenters. The summed E-state index contributed by atoms with van der Waals surface area (Å²) in [5.74, 6) is 0.146. The highest BCUT2D eigenvalue weighted by Gasteiger charge is 2.57. The van der Waals surface area contributed by atoms with E-state index in [0.29, 0.717) is 0 Å². The first-order valence-electron chi connectivity index (χ1n) is 18.1. The standard InChI is InChI=1S/C49H34Br2N2/c50-33-21-25-41-42-26-22-34(51)30-46(42)49(45(41)29-33)47-31-39(52(35-13-5-1-6-14-35)36-15-7-2-8-16-36)23-27-43(47)44-28-24-40(32-48(44)49)53(37-17-9-3-10-18-37)38-19-11-4-12-20-38/h1-31,48H,32H2. The van der Waals surface area contributed by atoms with Crippen molar-refractivity contribution in [3.8, 4) is 11.1 Å². The number of fused-ring (bicyclic) bond motifs is 10. The maximum Gasteiger partial charge on any atom is 0.0543 e. The zero-order valence-corrected chi connectivity index (χ0v) is 32.0. The molecule has 0 saturated carbocycles. The second-order valence-electron chi connectivity index (χ2n) is 14.0. The molecule has 2 nitrogen and oxygen atoms in total. The maximum atomic E-state index is 3.93. The van der Waals surface area contributed by atoms with E-state index >= 15 is 0 Å². The van der Waals surface area contributed by atoms with Crippen molar-refractivity contribution >= 4 is 65.9 Å². The lowest BCUT2D eigenvalue weighted by atomic mass is 9.65. The van der Waals surface area contributed by atoms with Crippen LogP contribution < -0.4 is 9.80 Å². The number of anilines is 5. The predicted octanol–water partition coefficient (Wildman–Crippen LogP) is 14.1. The molecule has 254 valence electrons. The Morgan fingerprint density at radius 3 is 1.34 bits per heavy atom. The molecule has 10 rings (SSSR count). The molecule has 0 radical (unpaired) electrons. The summed E-state index contributed by atoms with van der Waals surface area (Å²) < 4.78 is 2.18. The minimum atomic E-state index is -0.437. The summed E-state index contributed by atoms with van der Waals surface area (Å²) in [6, 6.07) is 64.0. The third-order valence-corrected chi connectivity index (χ3v) is 12.2. The van der Waals surface area contributed by atoms with Crippen LogP contribution in [0.2, 0.25) is 0 Å². The van der Waals surface area contributed by atoms with Gasteiger partial charge in [0.05, 0.1) is 5.41 Å². The second kappa shape index (κ2) is 12.9. The molecule has 53 heavy (non-hydrogen) atoms. The van der Waals surface area contributed by atoms with E-state index in [9.17, 15) is 0 Å². The molecule has 0 N–H and O–H groups in total. The third kappa shape index (κ3) is 5.11. The first-order chi connectivity index (χ1) is 26.1. The van der Waals surface area contributed by atoms with Gasteiger partial charge in [0.25, 0.3) is 0 Å². The third-order valence-electron chi connectivity index (χ3n) is 11.2. The van der Waals surface area contributed by atoms with E-state index < -0.39 is 5.41 Å². The van der Waals surface area contributed by atoms with Crippen LogP contribution in [0.3, 0.4) is 0 Å². The smallest absolute Gasteiger partial charge is 0.0543 e. The fourth-order valence-corrected chi connectivity index (χ4v) is 9.88. The molecule has 0 fully saturated rings. The van der Waals surface area contributed by atoms with Crippen LogP contribution in [0.4, 0.5) is 28.4 Å². The van der Waals surface area contributed by atoms with Crippen molar-refractivity contribution < 1.29 is 0 Å². The quantitative estimate of drug-likeness (QED) is 0.165. The molecule has 0 aromatic heterocycles. The van der Waals surface area contributed by atoms with Crippen molar-refractivity contribution in [1.82, 2.24) is 0 Å². The molecule has 0 bridgehead atoms. The van der Waals surface area contributed by atoms with E-state index in [2.05, 4.69) is 230 Å². The lowest BCUT2D eigenvalue weighted by Crippen LogP contribution is -2.35. The Kier molecular flexibility index (Phi) is 7.85. The molecular formula is C49H34Br2N2. The van der Waals surface area contributed by atoms with Crippen LogP contribution in [0.1, 0.15) is 28.7 Å². The molecule has 0 heterocycles. The van der Waals surface area contributed by atoms with Gasteiger partial charge in [-0.3, -0.25) is 0 Å². The minimum absolute atomic E-state index is 0.146. The highest BCUT2D eigenvalue weighted by atomic mass is 79.9. The van der Waals surface area contributed by atoms with Gasteiger partial charge in [-0.05, 0) is 136 Å². The van der Waals surface area contributed by atoms with Crippen molar-refractivity contribution in [1.29, 1.82) is 0 Å². The zero-order chi connectivity index (χ0) is 35.5. The molecule has 1 unspecified atom stereocenters. The van der Waals surface area contributed by atoms with Crippen LogP contribution in [0.5, 0.6) is 0 Å². The summed E-state index contributed by atoms with van der Waals surface area (Å²) in [7, 11) is 0. The Bertz CT molecular complexity index is 2430. The van der Waals surface area contributed by atoms with E-state index in [1.807, 2.05) is 0 Å². The van der Waals surface area contributed by atoms with Gasteiger partial charge in [0.15, 0.2) is 0 Å². The highest BCUT2D eigenvalue weighted by Crippen LogP contribution is 2.67. The number of para-hydroxylation sites is 4. The number of rotatable bonds is 6. The summed E-state index contributed by atoms with van der Waals surface area (Å²) in [6.45, 7) is 0. The fraction of sp³-hybridized carbons (Fsp3) is 0.0612. The van der Waals surface area contributed by atoms with Gasteiger partial charge in [-0.2, -0.15) is 0 Å². The number of benzene rings is 7. The highest BCUT2D eigenvalue weighted by molar-refractivity contribution is 9.10. The molecule has 0 amide bonds. The van der Waals surface area contributed by atoms with Crippen LogP contribution in [0.15, 0.2) is 203 Å². The second-order valence-corrected chi connectivity index (χ2v) is 15.8. The Morgan fingerprint density at radius 1 is 0.415 bits per heavy atom. The number of hydrogen-bond donors (Lipinski definition) is 0. The van der Waals surface area contributed by atoms with Gasteiger partial charge in [0.1, 0.15) is 0 Å². The summed E-state index contributed by atoms with van der Waals surface area (Å²) in [4.78, 5) is 4.83. The summed E-state index contributed by atoms with van der Waals surface area (Å²) >= 11 is 7.85. The molecule has 4 heteroatoms. The van der Waals surface area contributed by atoms with Crippen molar-refractivity contribution in [3.05, 3.63) is 225 Å². The Hall–Kier alpha value is -5.42. The summed E-state index contributed by atoms with van der Waals surface area (Å²) in [5.41, 5.74) is 15.9. The number of halogens is 2. The molecule has 0 aliphatic heterocycles. The molecule has 7 aromatic carbocycles. The monoisotopic (exact) mass is 808 g/mol. The summed E-state index contributed by atoms with van der Waals surface area (Å²) in [6.07, 6.45) is 5.63. The van der Waals surface area contributed by atoms with Crippen molar-refractivity contribution in [2.24, 2.45) is 5.92 Å². The lowest BCUT2D eigenvalue weighted by Gasteiger charge is -2.40. The molecule has 0 saturated heterocycles. The van der Waals surface area contributed by atoms with Crippen LogP contribution in [-0.2, 0) is 5.41 Å². The van der Waals surface area contributed by atoms with Crippen molar-refractivity contribution in [3.63, 3.8) is 0 Å². The van der Waals surface area contributed by atoms with Gasteiger partial charge in [-0.15, -0.1) is 0 Å². The lowest BCUT2D eigenvalue weighted by molar-refractivity contribution is 0.482. The topological polar surface area (TPSA) is 6.48 Å². The van der Waals surface area contributed by atoms with Gasteiger partial charge >= 0.3 is 0 Å². The van der Waals surface area contributed by atoms with Crippen LogP contribution in [0, 0.1) is 5.92 Å². The predicted molar refractivity (Wildman–Crippen MR) is 227 cm³/mol. The van der Waals surface area contributed by atoms with Crippen LogP contribution in [0.25, 0.3) is 16.7 Å². The number of hydrogen-bond acceptors (Lipinski definition) is 2. The summed E-state index contributed by atoms with van der Waals surface area (Å²) in [5, 5.41) is 0. The normalized spacial score (nSPS) is 15.8. The first kappa shape index (κ1) is 32.2. The van der Waals surface area contributed by atoms with E-state index in [-0.39, 0.29) is 5.92 Å². The van der Waals surface area contributed by atoms with E-state index in [0.717, 1.165) is 43.8 Å². The number of allylic oxidation sites excluding steroid dienone is 4. The van der Waals surface area contributed by atoms with Crippen LogP contribution >= 0.6 is 31.9 Å². The van der Waals surface area contributed by atoms with Gasteiger partial charge in [-0.25, -0.2) is 0 Å². The van der Waals surface area contributed by atoms with Gasteiger partial charge in [0.2, 0.25) is 0 Å². The number of nitrogens with zero attached hydrogens (tertiary/aromatic N) is 2. The van der Waals surface area contributed by atoms with Gasteiger partial charge in [-0.1, -0.05) is 129 Å². The van der Waals surface area contributed by atoms with Crippen molar-refractivity contribution in [2.45, 2.75) is 11.8 Å². The minimum Gasteiger partial charge on any atom is -0.314 e. The van der Waals surface area contributed by atoms with E-state index in [1.54, 1.807) is 0 Å². The molecule has 7 aromatic rings. The molecule has 1 spiro atoms. The first-order valence-corrected chi connectivity index (χ1v) is 19.7. The largest absolute Gasteiger partial charge is 0.314 e. The van der Waals surface area contributed by atoms with Crippen LogP contribution in [-0.4, -0.2) is 0 Å². The Balaban J connectivity index is 1.24. The zero-order valence-electron chi connectivity index (χ0n) is 28.8. The molecule has 3 aliphatic carbocycles. The van der Waals surface area contributed by atoms with Gasteiger partial charge in [0, 0.05) is 49.0 Å². The fourth-order valence-electron chi connectivity index (χ4n) is 9.16. The average molecular weight is 811 g/mol. The molecule has 3 aliphatic rings. The maximum absolute atomic E-state index is 3.93. The van der Waals surface area contributed by atoms with E-state index in [1.165, 1.54) is 44.7 Å². The average Bonchev–Trinajstić information content (AvgIpc) is 3.65. The van der Waals surface area contributed by atoms with E-state index in [4.69, 9.17) is 0 Å².